The quantitative estimate of drug-likeness (QED) is 0.467. The second-order valence-electron chi connectivity index (χ2n) is 7.86. The van der Waals surface area contributed by atoms with Crippen molar-refractivity contribution in [3.8, 4) is 11.3 Å². The zero-order chi connectivity index (χ0) is 23.7. The maximum atomic E-state index is 13.2. The highest BCUT2D eigenvalue weighted by molar-refractivity contribution is 7.89. The van der Waals surface area contributed by atoms with E-state index >= 15 is 0 Å². The Labute approximate surface area is 196 Å². The summed E-state index contributed by atoms with van der Waals surface area (Å²) in [5.74, 6) is -0.375. The van der Waals surface area contributed by atoms with Gasteiger partial charge in [0.05, 0.1) is 40.4 Å². The number of ether oxygens (including phenoxy) is 1. The number of carbonyl (C=O) groups excluding carboxylic acids is 1. The SMILES string of the molecule is Cc1noc2nc(-c3ccccc3)cc(C(=O)Nc3ccc(S(=O)(=O)N4CCOCC4)cc3)c12. The van der Waals surface area contributed by atoms with Gasteiger partial charge < -0.3 is 14.6 Å². The lowest BCUT2D eigenvalue weighted by Gasteiger charge is -2.26. The summed E-state index contributed by atoms with van der Waals surface area (Å²) >= 11 is 0. The summed E-state index contributed by atoms with van der Waals surface area (Å²) in [6, 6.07) is 17.3. The first-order valence-corrected chi connectivity index (χ1v) is 12.2. The third-order valence-electron chi connectivity index (χ3n) is 5.65. The number of nitrogens with zero attached hydrogens (tertiary/aromatic N) is 3. The molecule has 0 aliphatic carbocycles. The molecule has 2 aromatic heterocycles. The van der Waals surface area contributed by atoms with Gasteiger partial charge in [0.25, 0.3) is 11.6 Å². The first kappa shape index (κ1) is 22.2. The van der Waals surface area contributed by atoms with Crippen LogP contribution < -0.4 is 5.32 Å². The van der Waals surface area contributed by atoms with Crippen molar-refractivity contribution in [2.24, 2.45) is 0 Å². The van der Waals surface area contributed by atoms with Crippen molar-refractivity contribution < 1.29 is 22.5 Å². The van der Waals surface area contributed by atoms with Crippen molar-refractivity contribution in [2.45, 2.75) is 11.8 Å². The van der Waals surface area contributed by atoms with E-state index in [1.54, 1.807) is 25.1 Å². The smallest absolute Gasteiger partial charge is 0.259 e. The lowest BCUT2D eigenvalue weighted by atomic mass is 10.1. The van der Waals surface area contributed by atoms with Crippen molar-refractivity contribution in [3.63, 3.8) is 0 Å². The molecule has 1 fully saturated rings. The van der Waals surface area contributed by atoms with Crippen molar-refractivity contribution in [3.05, 3.63) is 71.9 Å². The number of rotatable bonds is 5. The van der Waals surface area contributed by atoms with Gasteiger partial charge in [-0.2, -0.15) is 4.31 Å². The Morgan fingerprint density at radius 3 is 2.44 bits per heavy atom. The molecule has 1 aliphatic heterocycles. The van der Waals surface area contributed by atoms with Crippen LogP contribution in [0.4, 0.5) is 5.69 Å². The van der Waals surface area contributed by atoms with Crippen LogP contribution in [0.15, 0.2) is 70.1 Å². The highest BCUT2D eigenvalue weighted by Crippen LogP contribution is 2.28. The first-order valence-electron chi connectivity index (χ1n) is 10.8. The molecule has 1 aliphatic rings. The number of aryl methyl sites for hydroxylation is 1. The second-order valence-corrected chi connectivity index (χ2v) is 9.80. The van der Waals surface area contributed by atoms with Gasteiger partial charge in [-0.15, -0.1) is 0 Å². The van der Waals surface area contributed by atoms with Gasteiger partial charge in [0.1, 0.15) is 0 Å². The van der Waals surface area contributed by atoms with Crippen LogP contribution in [0.5, 0.6) is 0 Å². The van der Waals surface area contributed by atoms with E-state index in [1.165, 1.54) is 16.4 Å². The lowest BCUT2D eigenvalue weighted by Crippen LogP contribution is -2.40. The molecule has 0 radical (unpaired) electrons. The molecule has 34 heavy (non-hydrogen) atoms. The predicted molar refractivity (Wildman–Crippen MR) is 126 cm³/mol. The van der Waals surface area contributed by atoms with Gasteiger partial charge in [-0.1, -0.05) is 35.5 Å². The molecule has 0 bridgehead atoms. The van der Waals surface area contributed by atoms with Crippen molar-refractivity contribution >= 4 is 32.7 Å². The van der Waals surface area contributed by atoms with Gasteiger partial charge in [0.2, 0.25) is 10.0 Å². The molecule has 0 unspecified atom stereocenters. The minimum Gasteiger partial charge on any atom is -0.379 e. The number of pyridine rings is 1. The normalized spacial score (nSPS) is 14.9. The van der Waals surface area contributed by atoms with Gasteiger partial charge in [-0.25, -0.2) is 13.4 Å². The first-order chi connectivity index (χ1) is 16.4. The molecule has 10 heteroatoms. The molecule has 9 nitrogen and oxygen atoms in total. The summed E-state index contributed by atoms with van der Waals surface area (Å²) in [7, 11) is -3.61. The van der Waals surface area contributed by atoms with Crippen LogP contribution in [0.3, 0.4) is 0 Å². The van der Waals surface area contributed by atoms with E-state index in [1.807, 2.05) is 30.3 Å². The van der Waals surface area contributed by atoms with Crippen LogP contribution in [0.1, 0.15) is 16.1 Å². The standard InChI is InChI=1S/C24H22N4O5S/c1-16-22-20(15-21(26-24(22)33-27-16)17-5-3-2-4-6-17)23(29)25-18-7-9-19(10-8-18)34(30,31)28-11-13-32-14-12-28/h2-10,15H,11-14H2,1H3,(H,25,29). The van der Waals surface area contributed by atoms with E-state index in [-0.39, 0.29) is 16.5 Å². The number of benzene rings is 2. The van der Waals surface area contributed by atoms with E-state index in [0.717, 1.165) is 5.56 Å². The second kappa shape index (κ2) is 8.98. The van der Waals surface area contributed by atoms with Gasteiger partial charge in [-0.3, -0.25) is 4.79 Å². The Hall–Kier alpha value is -3.60. The van der Waals surface area contributed by atoms with E-state index in [4.69, 9.17) is 9.26 Å². The molecule has 5 rings (SSSR count). The Morgan fingerprint density at radius 1 is 1.03 bits per heavy atom. The van der Waals surface area contributed by atoms with Gasteiger partial charge in [0, 0.05) is 24.3 Å². The van der Waals surface area contributed by atoms with Crippen molar-refractivity contribution in [1.82, 2.24) is 14.4 Å². The summed E-state index contributed by atoms with van der Waals surface area (Å²) < 4.78 is 37.6. The molecule has 4 aromatic rings. The van der Waals surface area contributed by atoms with Crippen LogP contribution in [-0.2, 0) is 14.8 Å². The highest BCUT2D eigenvalue weighted by Gasteiger charge is 2.26. The summed E-state index contributed by atoms with van der Waals surface area (Å²) in [5.41, 5.74) is 3.08. The molecular formula is C24H22N4O5S. The van der Waals surface area contributed by atoms with Gasteiger partial charge in [-0.05, 0) is 37.3 Å². The summed E-state index contributed by atoms with van der Waals surface area (Å²) in [5, 5.41) is 7.34. The molecule has 0 atom stereocenters. The minimum absolute atomic E-state index is 0.167. The summed E-state index contributed by atoms with van der Waals surface area (Å²) in [6.45, 7) is 3.14. The highest BCUT2D eigenvalue weighted by atomic mass is 32.2. The van der Waals surface area contributed by atoms with Crippen LogP contribution in [0.25, 0.3) is 22.4 Å². The Balaban J connectivity index is 1.43. The fourth-order valence-electron chi connectivity index (χ4n) is 3.88. The number of morpholine rings is 1. The lowest BCUT2D eigenvalue weighted by molar-refractivity contribution is 0.0730. The topological polar surface area (TPSA) is 115 Å². The minimum atomic E-state index is -3.61. The number of amides is 1. The zero-order valence-corrected chi connectivity index (χ0v) is 19.2. The fraction of sp³-hybridized carbons (Fsp3) is 0.208. The molecule has 1 N–H and O–H groups in total. The van der Waals surface area contributed by atoms with Crippen LogP contribution in [0.2, 0.25) is 0 Å². The molecule has 1 amide bonds. The van der Waals surface area contributed by atoms with Crippen LogP contribution in [-0.4, -0.2) is 55.1 Å². The predicted octanol–water partition coefficient (Wildman–Crippen LogP) is 3.47. The van der Waals surface area contributed by atoms with E-state index < -0.39 is 10.0 Å². The Bertz CT molecular complexity index is 1440. The molecule has 1 saturated heterocycles. The van der Waals surface area contributed by atoms with Gasteiger partial charge in [0.15, 0.2) is 0 Å². The van der Waals surface area contributed by atoms with E-state index in [9.17, 15) is 13.2 Å². The van der Waals surface area contributed by atoms with Gasteiger partial charge >= 0.3 is 0 Å². The average Bonchev–Trinajstić information content (AvgIpc) is 3.25. The largest absolute Gasteiger partial charge is 0.379 e. The number of sulfonamides is 1. The molecule has 0 spiro atoms. The van der Waals surface area contributed by atoms with Crippen LogP contribution in [0, 0.1) is 6.92 Å². The molecule has 174 valence electrons. The van der Waals surface area contributed by atoms with Crippen molar-refractivity contribution in [1.29, 1.82) is 0 Å². The number of anilines is 1. The third-order valence-corrected chi connectivity index (χ3v) is 7.56. The number of fused-ring (bicyclic) bond motifs is 1. The molecule has 0 saturated carbocycles. The van der Waals surface area contributed by atoms with Crippen molar-refractivity contribution in [2.75, 3.05) is 31.6 Å². The Morgan fingerprint density at radius 2 is 1.74 bits per heavy atom. The maximum Gasteiger partial charge on any atom is 0.259 e. The zero-order valence-electron chi connectivity index (χ0n) is 18.4. The number of aromatic nitrogens is 2. The number of hydrogen-bond donors (Lipinski definition) is 1. The molecular weight excluding hydrogens is 456 g/mol. The third kappa shape index (κ3) is 4.18. The Kier molecular flexibility index (Phi) is 5.86. The number of hydrogen-bond acceptors (Lipinski definition) is 7. The monoisotopic (exact) mass is 478 g/mol. The number of nitrogens with one attached hydrogen (secondary N) is 1. The van der Waals surface area contributed by atoms with E-state index in [2.05, 4.69) is 15.5 Å². The molecule has 3 heterocycles. The number of carbonyl (C=O) groups is 1. The average molecular weight is 479 g/mol. The van der Waals surface area contributed by atoms with Crippen LogP contribution >= 0.6 is 0 Å². The summed E-state index contributed by atoms with van der Waals surface area (Å²) in [6.07, 6.45) is 0. The van der Waals surface area contributed by atoms with E-state index in [0.29, 0.717) is 54.3 Å². The summed E-state index contributed by atoms with van der Waals surface area (Å²) in [4.78, 5) is 17.9. The fourth-order valence-corrected chi connectivity index (χ4v) is 5.28. The molecule has 2 aromatic carbocycles. The maximum absolute atomic E-state index is 13.2.